The second-order valence-corrected chi connectivity index (χ2v) is 7.87. The molecule has 1 saturated carbocycles. The van der Waals surface area contributed by atoms with Gasteiger partial charge in [0.1, 0.15) is 17.7 Å². The lowest BCUT2D eigenvalue weighted by molar-refractivity contribution is -0.137. The van der Waals surface area contributed by atoms with E-state index in [1.54, 1.807) is 0 Å². The van der Waals surface area contributed by atoms with Crippen LogP contribution in [0.5, 0.6) is 0 Å². The SMILES string of the molecule is Cc1cc(C(F)(F)F)cc(N2C(=O)NCC2C(=O)N(c2ccc(F)c(Cl)c2)C2CC2)n1. The number of aryl methyl sites for hydroxylation is 1. The van der Waals surface area contributed by atoms with Crippen molar-refractivity contribution in [3.05, 3.63) is 52.4 Å². The van der Waals surface area contributed by atoms with Crippen LogP contribution >= 0.6 is 11.6 Å². The zero-order valence-electron chi connectivity index (χ0n) is 16.2. The minimum atomic E-state index is -4.64. The molecule has 1 atom stereocenters. The van der Waals surface area contributed by atoms with Crippen LogP contribution < -0.4 is 15.1 Å². The Hall–Kier alpha value is -2.88. The lowest BCUT2D eigenvalue weighted by atomic mass is 10.1. The largest absolute Gasteiger partial charge is 0.416 e. The fraction of sp³-hybridized carbons (Fsp3) is 0.350. The maximum absolute atomic E-state index is 13.6. The third kappa shape index (κ3) is 4.16. The highest BCUT2D eigenvalue weighted by molar-refractivity contribution is 6.31. The molecule has 3 amide bonds. The molecule has 2 fully saturated rings. The number of halogens is 5. The summed E-state index contributed by atoms with van der Waals surface area (Å²) in [4.78, 5) is 32.3. The predicted octanol–water partition coefficient (Wildman–Crippen LogP) is 4.30. The number of carbonyl (C=O) groups excluding carboxylic acids is 2. The molecule has 164 valence electrons. The van der Waals surface area contributed by atoms with Gasteiger partial charge in [0.25, 0.3) is 5.91 Å². The zero-order valence-corrected chi connectivity index (χ0v) is 17.0. The summed E-state index contributed by atoms with van der Waals surface area (Å²) >= 11 is 5.87. The molecular formula is C20H17ClF4N4O2. The van der Waals surface area contributed by atoms with Gasteiger partial charge in [-0.25, -0.2) is 14.2 Å². The molecule has 1 saturated heterocycles. The van der Waals surface area contributed by atoms with Crippen molar-refractivity contribution in [2.75, 3.05) is 16.3 Å². The average molecular weight is 457 g/mol. The summed E-state index contributed by atoms with van der Waals surface area (Å²) in [5.74, 6) is -1.43. The van der Waals surface area contributed by atoms with Crippen LogP contribution in [-0.4, -0.2) is 35.6 Å². The zero-order chi connectivity index (χ0) is 22.5. The molecule has 4 rings (SSSR count). The lowest BCUT2D eigenvalue weighted by Gasteiger charge is -2.29. The van der Waals surface area contributed by atoms with Crippen LogP contribution in [0.1, 0.15) is 24.1 Å². The summed E-state index contributed by atoms with van der Waals surface area (Å²) in [5, 5.41) is 2.33. The quantitative estimate of drug-likeness (QED) is 0.698. The van der Waals surface area contributed by atoms with E-state index in [2.05, 4.69) is 10.3 Å². The van der Waals surface area contributed by atoms with Gasteiger partial charge in [0.05, 0.1) is 10.6 Å². The monoisotopic (exact) mass is 456 g/mol. The van der Waals surface area contributed by atoms with Gasteiger partial charge in [-0.3, -0.25) is 9.69 Å². The molecule has 2 aliphatic rings. The molecule has 1 unspecified atom stereocenters. The van der Waals surface area contributed by atoms with E-state index in [1.807, 2.05) is 0 Å². The topological polar surface area (TPSA) is 65.5 Å². The van der Waals surface area contributed by atoms with Crippen LogP contribution in [0, 0.1) is 12.7 Å². The normalized spacial score (nSPS) is 18.8. The Morgan fingerprint density at radius 1 is 1.26 bits per heavy atom. The maximum Gasteiger partial charge on any atom is 0.416 e. The van der Waals surface area contributed by atoms with Gasteiger partial charge in [-0.1, -0.05) is 11.6 Å². The second-order valence-electron chi connectivity index (χ2n) is 7.46. The van der Waals surface area contributed by atoms with E-state index in [0.717, 1.165) is 23.1 Å². The Labute approximate surface area is 179 Å². The van der Waals surface area contributed by atoms with E-state index in [4.69, 9.17) is 11.6 Å². The van der Waals surface area contributed by atoms with Gasteiger partial charge in [-0.2, -0.15) is 13.2 Å². The number of pyridine rings is 1. The first kappa shape index (κ1) is 21.4. The minimum Gasteiger partial charge on any atom is -0.335 e. The van der Waals surface area contributed by atoms with Crippen molar-refractivity contribution < 1.29 is 27.2 Å². The van der Waals surface area contributed by atoms with Crippen LogP contribution in [0.4, 0.5) is 33.9 Å². The van der Waals surface area contributed by atoms with Crippen LogP contribution in [0.15, 0.2) is 30.3 Å². The molecule has 2 heterocycles. The van der Waals surface area contributed by atoms with Crippen molar-refractivity contribution in [2.24, 2.45) is 0 Å². The van der Waals surface area contributed by atoms with E-state index < -0.39 is 35.5 Å². The molecule has 0 radical (unpaired) electrons. The summed E-state index contributed by atoms with van der Waals surface area (Å²) in [6, 6.07) is 3.45. The third-order valence-corrected chi connectivity index (χ3v) is 5.40. The molecule has 2 aromatic rings. The highest BCUT2D eigenvalue weighted by Gasteiger charge is 2.45. The van der Waals surface area contributed by atoms with Crippen LogP contribution in [0.3, 0.4) is 0 Å². The number of anilines is 2. The standard InChI is InChI=1S/C20H17ClF4N4O2/c1-10-6-11(20(23,24)25)7-17(27-10)29-16(9-26-19(29)31)18(30)28(12-2-3-12)13-4-5-15(22)14(21)8-13/h4-8,12,16H,2-3,9H2,1H3,(H,26,31). The summed E-state index contributed by atoms with van der Waals surface area (Å²) in [7, 11) is 0. The molecule has 1 aromatic heterocycles. The van der Waals surface area contributed by atoms with Gasteiger partial charge in [0, 0.05) is 24.0 Å². The minimum absolute atomic E-state index is 0.0556. The third-order valence-electron chi connectivity index (χ3n) is 5.11. The van der Waals surface area contributed by atoms with Crippen molar-refractivity contribution in [1.82, 2.24) is 10.3 Å². The van der Waals surface area contributed by atoms with E-state index in [1.165, 1.54) is 24.0 Å². The smallest absolute Gasteiger partial charge is 0.335 e. The molecule has 1 aliphatic carbocycles. The molecule has 0 bridgehead atoms. The number of amides is 3. The van der Waals surface area contributed by atoms with Crippen LogP contribution in [0.25, 0.3) is 0 Å². The number of nitrogens with one attached hydrogen (secondary N) is 1. The van der Waals surface area contributed by atoms with Gasteiger partial charge in [-0.05, 0) is 50.1 Å². The Morgan fingerprint density at radius 3 is 2.58 bits per heavy atom. The molecule has 0 spiro atoms. The molecule has 6 nitrogen and oxygen atoms in total. The number of aromatic nitrogens is 1. The number of benzene rings is 1. The summed E-state index contributed by atoms with van der Waals surface area (Å²) < 4.78 is 53.4. The number of nitrogens with zero attached hydrogens (tertiary/aromatic N) is 3. The molecule has 1 aliphatic heterocycles. The molecule has 31 heavy (non-hydrogen) atoms. The van der Waals surface area contributed by atoms with E-state index in [-0.39, 0.29) is 29.1 Å². The number of urea groups is 1. The summed E-state index contributed by atoms with van der Waals surface area (Å²) in [6.07, 6.45) is -3.23. The van der Waals surface area contributed by atoms with Crippen molar-refractivity contribution in [2.45, 2.75) is 38.0 Å². The Morgan fingerprint density at radius 2 is 1.97 bits per heavy atom. The van der Waals surface area contributed by atoms with Crippen LogP contribution in [0.2, 0.25) is 5.02 Å². The average Bonchev–Trinajstić information content (AvgIpc) is 3.44. The van der Waals surface area contributed by atoms with Gasteiger partial charge < -0.3 is 10.2 Å². The molecule has 11 heteroatoms. The van der Waals surface area contributed by atoms with Crippen molar-refractivity contribution in [1.29, 1.82) is 0 Å². The van der Waals surface area contributed by atoms with Crippen molar-refractivity contribution in [3.8, 4) is 0 Å². The molecular weight excluding hydrogens is 440 g/mol. The number of carbonyl (C=O) groups is 2. The van der Waals surface area contributed by atoms with Gasteiger partial charge in [0.15, 0.2) is 0 Å². The van der Waals surface area contributed by atoms with Gasteiger partial charge in [0.2, 0.25) is 0 Å². The molecule has 1 aromatic carbocycles. The highest BCUT2D eigenvalue weighted by atomic mass is 35.5. The number of alkyl halides is 3. The fourth-order valence-corrected chi connectivity index (χ4v) is 3.72. The first-order chi connectivity index (χ1) is 14.6. The Kier molecular flexibility index (Phi) is 5.28. The van der Waals surface area contributed by atoms with Gasteiger partial charge in [-0.15, -0.1) is 0 Å². The summed E-state index contributed by atoms with van der Waals surface area (Å²) in [5.41, 5.74) is -0.559. The number of hydrogen-bond acceptors (Lipinski definition) is 3. The predicted molar refractivity (Wildman–Crippen MR) is 106 cm³/mol. The first-order valence-electron chi connectivity index (χ1n) is 9.47. The second kappa shape index (κ2) is 7.67. The van der Waals surface area contributed by atoms with Gasteiger partial charge >= 0.3 is 12.2 Å². The van der Waals surface area contributed by atoms with E-state index >= 15 is 0 Å². The van der Waals surface area contributed by atoms with E-state index in [9.17, 15) is 27.2 Å². The number of hydrogen-bond donors (Lipinski definition) is 1. The van der Waals surface area contributed by atoms with Crippen molar-refractivity contribution in [3.63, 3.8) is 0 Å². The number of rotatable bonds is 4. The summed E-state index contributed by atoms with van der Waals surface area (Å²) in [6.45, 7) is 1.27. The van der Waals surface area contributed by atoms with E-state index in [0.29, 0.717) is 18.5 Å². The fourth-order valence-electron chi connectivity index (χ4n) is 3.55. The maximum atomic E-state index is 13.6. The first-order valence-corrected chi connectivity index (χ1v) is 9.85. The lowest BCUT2D eigenvalue weighted by Crippen LogP contribution is -2.49. The highest BCUT2D eigenvalue weighted by Crippen LogP contribution is 2.36. The molecule has 1 N–H and O–H groups in total. The van der Waals surface area contributed by atoms with Crippen LogP contribution in [-0.2, 0) is 11.0 Å². The van der Waals surface area contributed by atoms with Crippen molar-refractivity contribution >= 4 is 35.0 Å². The Balaban J connectivity index is 1.71. The Bertz CT molecular complexity index is 1060.